The van der Waals surface area contributed by atoms with Gasteiger partial charge in [-0.2, -0.15) is 0 Å². The van der Waals surface area contributed by atoms with Gasteiger partial charge in [0.2, 0.25) is 0 Å². The zero-order valence-electron chi connectivity index (χ0n) is 8.58. The number of nitrogens with zero attached hydrogens (tertiary/aromatic N) is 1. The molecule has 2 rings (SSSR count). The van der Waals surface area contributed by atoms with E-state index in [0.29, 0.717) is 6.04 Å². The van der Waals surface area contributed by atoms with Gasteiger partial charge in [0.25, 0.3) is 5.56 Å². The summed E-state index contributed by atoms with van der Waals surface area (Å²) in [5.74, 6) is 0. The van der Waals surface area contributed by atoms with Crippen molar-refractivity contribution in [3.63, 3.8) is 0 Å². The van der Waals surface area contributed by atoms with Crippen molar-refractivity contribution in [3.05, 3.63) is 34.2 Å². The van der Waals surface area contributed by atoms with E-state index in [1.165, 1.54) is 5.69 Å². The summed E-state index contributed by atoms with van der Waals surface area (Å²) < 4.78 is 1.89. The quantitative estimate of drug-likeness (QED) is 0.599. The third-order valence-electron chi connectivity index (χ3n) is 2.33. The van der Waals surface area contributed by atoms with Gasteiger partial charge in [0.05, 0.1) is 0 Å². The molecule has 0 saturated heterocycles. The maximum absolute atomic E-state index is 11.3. The SMILES string of the molecule is CC.CC1CCc2cccc(=O)n21. The number of aryl methyl sites for hydroxylation is 1. The Morgan fingerprint density at radius 2 is 2.08 bits per heavy atom. The standard InChI is InChI=1S/C9H11NO.C2H6/c1-7-5-6-8-3-2-4-9(11)10(7)8;1-2/h2-4,7H,5-6H2,1H3;1-2H3. The first-order valence-corrected chi connectivity index (χ1v) is 4.99. The first-order valence-electron chi connectivity index (χ1n) is 4.99. The average molecular weight is 179 g/mol. The normalized spacial score (nSPS) is 18.8. The molecule has 0 fully saturated rings. The summed E-state index contributed by atoms with van der Waals surface area (Å²) in [6.45, 7) is 6.10. The fourth-order valence-corrected chi connectivity index (χ4v) is 1.73. The molecule has 0 spiro atoms. The van der Waals surface area contributed by atoms with Crippen molar-refractivity contribution in [3.8, 4) is 0 Å². The highest BCUT2D eigenvalue weighted by molar-refractivity contribution is 5.11. The molecule has 1 aliphatic rings. The molecule has 13 heavy (non-hydrogen) atoms. The summed E-state index contributed by atoms with van der Waals surface area (Å²) in [5, 5.41) is 0. The molecule has 2 nitrogen and oxygen atoms in total. The average Bonchev–Trinajstić information content (AvgIpc) is 2.53. The fourth-order valence-electron chi connectivity index (χ4n) is 1.73. The van der Waals surface area contributed by atoms with E-state index in [1.807, 2.05) is 30.5 Å². The molecule has 2 heterocycles. The predicted octanol–water partition coefficient (Wildman–Crippen LogP) is 2.38. The van der Waals surface area contributed by atoms with Gasteiger partial charge in [0, 0.05) is 17.8 Å². The largest absolute Gasteiger partial charge is 0.310 e. The summed E-state index contributed by atoms with van der Waals surface area (Å²) in [6, 6.07) is 5.90. The smallest absolute Gasteiger partial charge is 0.250 e. The van der Waals surface area contributed by atoms with Crippen LogP contribution in [0.3, 0.4) is 0 Å². The van der Waals surface area contributed by atoms with Crippen molar-refractivity contribution < 1.29 is 0 Å². The molecule has 1 aromatic rings. The Morgan fingerprint density at radius 1 is 1.38 bits per heavy atom. The van der Waals surface area contributed by atoms with Crippen LogP contribution in [0.5, 0.6) is 0 Å². The van der Waals surface area contributed by atoms with Crippen LogP contribution in [0, 0.1) is 0 Å². The zero-order valence-corrected chi connectivity index (χ0v) is 8.58. The molecule has 0 aromatic carbocycles. The van der Waals surface area contributed by atoms with E-state index in [1.54, 1.807) is 6.07 Å². The topological polar surface area (TPSA) is 22.0 Å². The minimum Gasteiger partial charge on any atom is -0.310 e. The van der Waals surface area contributed by atoms with Gasteiger partial charge in [-0.15, -0.1) is 0 Å². The monoisotopic (exact) mass is 179 g/mol. The van der Waals surface area contributed by atoms with Gasteiger partial charge in [-0.05, 0) is 25.8 Å². The van der Waals surface area contributed by atoms with E-state index in [0.717, 1.165) is 12.8 Å². The molecule has 2 heteroatoms. The van der Waals surface area contributed by atoms with E-state index in [9.17, 15) is 4.79 Å². The Labute approximate surface area is 79.2 Å². The number of pyridine rings is 1. The van der Waals surface area contributed by atoms with Crippen molar-refractivity contribution >= 4 is 0 Å². The Morgan fingerprint density at radius 3 is 2.69 bits per heavy atom. The van der Waals surface area contributed by atoms with Gasteiger partial charge in [0.1, 0.15) is 0 Å². The van der Waals surface area contributed by atoms with Crippen molar-refractivity contribution in [1.82, 2.24) is 4.57 Å². The first kappa shape index (κ1) is 10.0. The summed E-state index contributed by atoms with van der Waals surface area (Å²) in [7, 11) is 0. The van der Waals surface area contributed by atoms with Crippen LogP contribution in [0.4, 0.5) is 0 Å². The Balaban J connectivity index is 0.000000396. The molecule has 0 radical (unpaired) electrons. The lowest BCUT2D eigenvalue weighted by Crippen LogP contribution is -2.19. The highest BCUT2D eigenvalue weighted by atomic mass is 16.1. The molecule has 1 aromatic heterocycles. The van der Waals surface area contributed by atoms with Crippen molar-refractivity contribution in [2.24, 2.45) is 0 Å². The molecule has 1 unspecified atom stereocenters. The van der Waals surface area contributed by atoms with E-state index in [4.69, 9.17) is 0 Å². The van der Waals surface area contributed by atoms with Crippen LogP contribution >= 0.6 is 0 Å². The molecular weight excluding hydrogens is 162 g/mol. The van der Waals surface area contributed by atoms with Gasteiger partial charge in [0.15, 0.2) is 0 Å². The molecule has 72 valence electrons. The lowest BCUT2D eigenvalue weighted by atomic mass is 10.2. The molecule has 0 N–H and O–H groups in total. The number of hydrogen-bond acceptors (Lipinski definition) is 1. The minimum atomic E-state index is 0.146. The summed E-state index contributed by atoms with van der Waals surface area (Å²) in [5.41, 5.74) is 1.33. The van der Waals surface area contributed by atoms with E-state index >= 15 is 0 Å². The van der Waals surface area contributed by atoms with Crippen LogP contribution in [0.2, 0.25) is 0 Å². The van der Waals surface area contributed by atoms with Crippen LogP contribution in [-0.4, -0.2) is 4.57 Å². The molecule has 0 aliphatic carbocycles. The first-order chi connectivity index (χ1) is 6.29. The van der Waals surface area contributed by atoms with Gasteiger partial charge >= 0.3 is 0 Å². The van der Waals surface area contributed by atoms with Crippen LogP contribution in [0.1, 0.15) is 38.9 Å². The molecule has 1 atom stereocenters. The number of hydrogen-bond donors (Lipinski definition) is 0. The second-order valence-electron chi connectivity index (χ2n) is 3.11. The lowest BCUT2D eigenvalue weighted by Gasteiger charge is -2.06. The maximum atomic E-state index is 11.3. The van der Waals surface area contributed by atoms with Gasteiger partial charge < -0.3 is 4.57 Å². The van der Waals surface area contributed by atoms with Gasteiger partial charge in [-0.25, -0.2) is 0 Å². The third-order valence-corrected chi connectivity index (χ3v) is 2.33. The van der Waals surface area contributed by atoms with E-state index < -0.39 is 0 Å². The number of rotatable bonds is 0. The molecule has 0 amide bonds. The van der Waals surface area contributed by atoms with Gasteiger partial charge in [-0.3, -0.25) is 4.79 Å². The maximum Gasteiger partial charge on any atom is 0.250 e. The zero-order chi connectivity index (χ0) is 9.84. The second kappa shape index (κ2) is 4.26. The summed E-state index contributed by atoms with van der Waals surface area (Å²) in [4.78, 5) is 11.3. The molecule has 0 bridgehead atoms. The summed E-state index contributed by atoms with van der Waals surface area (Å²) >= 11 is 0. The van der Waals surface area contributed by atoms with Crippen molar-refractivity contribution in [1.29, 1.82) is 0 Å². The van der Waals surface area contributed by atoms with Gasteiger partial charge in [-0.1, -0.05) is 19.9 Å². The Bertz CT molecular complexity index is 327. The fraction of sp³-hybridized carbons (Fsp3) is 0.545. The van der Waals surface area contributed by atoms with Crippen LogP contribution in [0.25, 0.3) is 0 Å². The molecular formula is C11H17NO. The van der Waals surface area contributed by atoms with E-state index in [2.05, 4.69) is 6.92 Å². The summed E-state index contributed by atoms with van der Waals surface area (Å²) in [6.07, 6.45) is 2.16. The minimum absolute atomic E-state index is 0.146. The van der Waals surface area contributed by atoms with Crippen molar-refractivity contribution in [2.45, 2.75) is 39.7 Å². The van der Waals surface area contributed by atoms with Crippen LogP contribution in [-0.2, 0) is 6.42 Å². The van der Waals surface area contributed by atoms with Crippen LogP contribution in [0.15, 0.2) is 23.0 Å². The Kier molecular flexibility index (Phi) is 3.29. The van der Waals surface area contributed by atoms with E-state index in [-0.39, 0.29) is 5.56 Å². The Hall–Kier alpha value is -1.05. The number of aromatic nitrogens is 1. The highest BCUT2D eigenvalue weighted by Crippen LogP contribution is 2.21. The number of fused-ring (bicyclic) bond motifs is 1. The second-order valence-corrected chi connectivity index (χ2v) is 3.11. The van der Waals surface area contributed by atoms with Crippen LogP contribution < -0.4 is 5.56 Å². The predicted molar refractivity (Wildman–Crippen MR) is 55.1 cm³/mol. The lowest BCUT2D eigenvalue weighted by molar-refractivity contribution is 0.563. The molecule has 1 aliphatic heterocycles. The van der Waals surface area contributed by atoms with Crippen molar-refractivity contribution in [2.75, 3.05) is 0 Å². The molecule has 0 saturated carbocycles. The third kappa shape index (κ3) is 1.82. The highest BCUT2D eigenvalue weighted by Gasteiger charge is 2.17.